The molecule has 1 heterocycles. The van der Waals surface area contributed by atoms with Crippen molar-refractivity contribution in [3.63, 3.8) is 0 Å². The molecule has 94 valence electrons. The Hall–Kier alpha value is -0.650. The van der Waals surface area contributed by atoms with E-state index in [9.17, 15) is 4.79 Å². The first-order valence-electron chi connectivity index (χ1n) is 5.89. The molecule has 0 unspecified atom stereocenters. The van der Waals surface area contributed by atoms with Crippen molar-refractivity contribution < 1.29 is 14.3 Å². The molecule has 0 aromatic carbocycles. The van der Waals surface area contributed by atoms with Gasteiger partial charge in [0.25, 0.3) is 0 Å². The quantitative estimate of drug-likeness (QED) is 0.508. The van der Waals surface area contributed by atoms with E-state index in [2.05, 4.69) is 10.2 Å². The molecule has 5 heteroatoms. The Balaban J connectivity index is 2.01. The van der Waals surface area contributed by atoms with Crippen LogP contribution in [0.15, 0.2) is 0 Å². The fourth-order valence-corrected chi connectivity index (χ4v) is 1.54. The van der Waals surface area contributed by atoms with Gasteiger partial charge in [0, 0.05) is 26.2 Å². The molecule has 1 rings (SSSR count). The maximum atomic E-state index is 11.4. The van der Waals surface area contributed by atoms with Crippen LogP contribution in [0.4, 0.5) is 0 Å². The third kappa shape index (κ3) is 6.05. The van der Waals surface area contributed by atoms with Crippen LogP contribution in [0.2, 0.25) is 0 Å². The number of carbonyl (C=O) groups excluding carboxylic acids is 1. The zero-order valence-corrected chi connectivity index (χ0v) is 10.2. The Morgan fingerprint density at radius 3 is 2.62 bits per heavy atom. The topological polar surface area (TPSA) is 50.8 Å². The second-order valence-corrected chi connectivity index (χ2v) is 4.17. The summed E-state index contributed by atoms with van der Waals surface area (Å²) < 4.78 is 10.4. The molecule has 0 atom stereocenters. The molecule has 1 aliphatic rings. The van der Waals surface area contributed by atoms with Gasteiger partial charge >= 0.3 is 5.97 Å². The molecule has 0 saturated carbocycles. The highest BCUT2D eigenvalue weighted by Crippen LogP contribution is 1.93. The van der Waals surface area contributed by atoms with E-state index in [1.165, 1.54) is 0 Å². The Morgan fingerprint density at radius 1 is 1.31 bits per heavy atom. The second-order valence-electron chi connectivity index (χ2n) is 4.17. The van der Waals surface area contributed by atoms with Gasteiger partial charge < -0.3 is 14.8 Å². The Bertz CT molecular complexity index is 203. The number of esters is 1. The predicted octanol–water partition coefficient (Wildman–Crippen LogP) is -0.140. The number of hydrogen-bond acceptors (Lipinski definition) is 5. The van der Waals surface area contributed by atoms with Crippen LogP contribution in [0.5, 0.6) is 0 Å². The van der Waals surface area contributed by atoms with Crippen molar-refractivity contribution in [3.05, 3.63) is 0 Å². The summed E-state index contributed by atoms with van der Waals surface area (Å²) in [5.41, 5.74) is 0. The summed E-state index contributed by atoms with van der Waals surface area (Å²) in [6, 6.07) is 0. The largest absolute Gasteiger partial charge is 0.462 e. The Morgan fingerprint density at radius 2 is 2.00 bits per heavy atom. The van der Waals surface area contributed by atoms with Gasteiger partial charge in [0.15, 0.2) is 0 Å². The van der Waals surface area contributed by atoms with Crippen molar-refractivity contribution in [1.29, 1.82) is 0 Å². The van der Waals surface area contributed by atoms with E-state index in [1.54, 1.807) is 0 Å². The van der Waals surface area contributed by atoms with Crippen LogP contribution in [0, 0.1) is 0 Å². The Kier molecular flexibility index (Phi) is 6.37. The lowest BCUT2D eigenvalue weighted by atomic mass is 10.3. The third-order valence-electron chi connectivity index (χ3n) is 2.36. The molecule has 0 radical (unpaired) electrons. The van der Waals surface area contributed by atoms with Crippen LogP contribution < -0.4 is 5.32 Å². The predicted molar refractivity (Wildman–Crippen MR) is 61.4 cm³/mol. The molecule has 0 spiro atoms. The second kappa shape index (κ2) is 7.60. The molecule has 1 N–H and O–H groups in total. The monoisotopic (exact) mass is 230 g/mol. The lowest BCUT2D eigenvalue weighted by Crippen LogP contribution is -2.45. The molecule has 0 aromatic heterocycles. The number of nitrogens with zero attached hydrogens (tertiary/aromatic N) is 1. The van der Waals surface area contributed by atoms with Gasteiger partial charge in [-0.05, 0) is 13.8 Å². The van der Waals surface area contributed by atoms with Crippen LogP contribution in [-0.2, 0) is 14.3 Å². The van der Waals surface area contributed by atoms with Crippen LogP contribution in [0.3, 0.4) is 0 Å². The molecule has 0 amide bonds. The summed E-state index contributed by atoms with van der Waals surface area (Å²) in [4.78, 5) is 13.5. The smallest absolute Gasteiger partial charge is 0.320 e. The molecule has 0 aliphatic carbocycles. The zero-order chi connectivity index (χ0) is 11.8. The minimum Gasteiger partial charge on any atom is -0.462 e. The Labute approximate surface area is 97.1 Å². The molecule has 5 nitrogen and oxygen atoms in total. The van der Waals surface area contributed by atoms with E-state index >= 15 is 0 Å². The van der Waals surface area contributed by atoms with Gasteiger partial charge in [0.05, 0.1) is 19.3 Å². The van der Waals surface area contributed by atoms with Gasteiger partial charge in [0.1, 0.15) is 6.61 Å². The minimum absolute atomic E-state index is 0.158. The number of nitrogens with one attached hydrogen (secondary N) is 1. The fourth-order valence-electron chi connectivity index (χ4n) is 1.54. The molecule has 1 aliphatic heterocycles. The van der Waals surface area contributed by atoms with Gasteiger partial charge in [-0.1, -0.05) is 0 Å². The average Bonchev–Trinajstić information content (AvgIpc) is 2.25. The van der Waals surface area contributed by atoms with Crippen molar-refractivity contribution in [2.75, 3.05) is 45.9 Å². The first-order valence-corrected chi connectivity index (χ1v) is 5.89. The summed E-state index contributed by atoms with van der Waals surface area (Å²) >= 11 is 0. The van der Waals surface area contributed by atoms with Gasteiger partial charge in [-0.25, -0.2) is 0 Å². The first-order chi connectivity index (χ1) is 7.68. The van der Waals surface area contributed by atoms with E-state index < -0.39 is 0 Å². The highest BCUT2D eigenvalue weighted by atomic mass is 16.6. The summed E-state index contributed by atoms with van der Waals surface area (Å²) in [6.07, 6.45) is 0.187. The van der Waals surface area contributed by atoms with E-state index in [-0.39, 0.29) is 12.1 Å². The van der Waals surface area contributed by atoms with Crippen molar-refractivity contribution in [2.45, 2.75) is 20.0 Å². The highest BCUT2D eigenvalue weighted by Gasteiger charge is 2.13. The number of hydrogen-bond donors (Lipinski definition) is 1. The van der Waals surface area contributed by atoms with E-state index in [0.717, 1.165) is 26.2 Å². The molecule has 16 heavy (non-hydrogen) atoms. The van der Waals surface area contributed by atoms with Gasteiger partial charge in [-0.2, -0.15) is 0 Å². The highest BCUT2D eigenvalue weighted by molar-refractivity contribution is 5.71. The number of carbonyl (C=O) groups is 1. The average molecular weight is 230 g/mol. The molecule has 1 fully saturated rings. The third-order valence-corrected chi connectivity index (χ3v) is 2.36. The van der Waals surface area contributed by atoms with Crippen LogP contribution >= 0.6 is 0 Å². The lowest BCUT2D eigenvalue weighted by molar-refractivity contribution is -0.147. The number of ether oxygens (including phenoxy) is 2. The lowest BCUT2D eigenvalue weighted by Gasteiger charge is -2.26. The van der Waals surface area contributed by atoms with Crippen LogP contribution in [0.1, 0.15) is 13.8 Å². The maximum Gasteiger partial charge on any atom is 0.320 e. The normalized spacial score (nSPS) is 17.7. The van der Waals surface area contributed by atoms with Gasteiger partial charge in [-0.15, -0.1) is 0 Å². The van der Waals surface area contributed by atoms with Crippen molar-refractivity contribution >= 4 is 5.97 Å². The van der Waals surface area contributed by atoms with Gasteiger partial charge in [0.2, 0.25) is 0 Å². The van der Waals surface area contributed by atoms with Crippen molar-refractivity contribution in [2.24, 2.45) is 0 Å². The summed E-state index contributed by atoms with van der Waals surface area (Å²) in [5.74, 6) is -0.158. The minimum atomic E-state index is -0.158. The summed E-state index contributed by atoms with van der Waals surface area (Å²) in [6.45, 7) is 8.87. The summed E-state index contributed by atoms with van der Waals surface area (Å²) in [5, 5.41) is 3.24. The number of rotatable bonds is 6. The molecular weight excluding hydrogens is 208 g/mol. The molecule has 0 bridgehead atoms. The van der Waals surface area contributed by atoms with E-state index in [0.29, 0.717) is 19.8 Å². The van der Waals surface area contributed by atoms with Crippen LogP contribution in [0.25, 0.3) is 0 Å². The summed E-state index contributed by atoms with van der Waals surface area (Å²) in [7, 11) is 0. The van der Waals surface area contributed by atoms with Crippen LogP contribution in [-0.4, -0.2) is 62.9 Å². The van der Waals surface area contributed by atoms with Crippen molar-refractivity contribution in [3.8, 4) is 0 Å². The van der Waals surface area contributed by atoms with Crippen molar-refractivity contribution in [1.82, 2.24) is 10.2 Å². The SMILES string of the molecule is CC(C)OCCOC(=O)CN1CCNCC1. The number of piperazine rings is 1. The van der Waals surface area contributed by atoms with E-state index in [1.807, 2.05) is 13.8 Å². The fraction of sp³-hybridized carbons (Fsp3) is 0.909. The maximum absolute atomic E-state index is 11.4. The zero-order valence-electron chi connectivity index (χ0n) is 10.2. The first kappa shape index (κ1) is 13.4. The van der Waals surface area contributed by atoms with Gasteiger partial charge in [-0.3, -0.25) is 9.69 Å². The molecule has 0 aromatic rings. The standard InChI is InChI=1S/C11H22N2O3/c1-10(2)15-7-8-16-11(14)9-13-5-3-12-4-6-13/h10,12H,3-9H2,1-2H3. The van der Waals surface area contributed by atoms with E-state index in [4.69, 9.17) is 9.47 Å². The molecular formula is C11H22N2O3. The molecule has 1 saturated heterocycles.